The molecule has 0 aliphatic carbocycles. The van der Waals surface area contributed by atoms with Gasteiger partial charge in [-0.1, -0.05) is 81.3 Å². The molecule has 0 nitrogen and oxygen atoms in total. The fourth-order valence-electron chi connectivity index (χ4n) is 2.79. The highest BCUT2D eigenvalue weighted by Crippen LogP contribution is 2.27. The quantitative estimate of drug-likeness (QED) is 0.278. The first kappa shape index (κ1) is 18.7. The molecule has 0 saturated carbocycles. The molecule has 0 aromatic heterocycles. The molecule has 22 heavy (non-hydrogen) atoms. The Morgan fingerprint density at radius 3 is 1.95 bits per heavy atom. The van der Waals surface area contributed by atoms with Crippen LogP contribution >= 0.6 is 0 Å². The van der Waals surface area contributed by atoms with Crippen LogP contribution in [-0.4, -0.2) is 0 Å². The molecule has 0 aliphatic heterocycles. The fraction of sp³-hybridized carbons (Fsp3) is 0.545. The minimum Gasteiger partial charge on any atom is -0.0885 e. The van der Waals surface area contributed by atoms with Gasteiger partial charge in [-0.15, -0.1) is 0 Å². The van der Waals surface area contributed by atoms with Crippen LogP contribution in [0.5, 0.6) is 0 Å². The number of benzene rings is 1. The van der Waals surface area contributed by atoms with Gasteiger partial charge in [0, 0.05) is 0 Å². The summed E-state index contributed by atoms with van der Waals surface area (Å²) in [7, 11) is 0. The average Bonchev–Trinajstić information content (AvgIpc) is 2.56. The van der Waals surface area contributed by atoms with Crippen LogP contribution in [0, 0.1) is 0 Å². The van der Waals surface area contributed by atoms with Crippen molar-refractivity contribution < 1.29 is 0 Å². The van der Waals surface area contributed by atoms with E-state index in [0.29, 0.717) is 5.92 Å². The van der Waals surface area contributed by atoms with E-state index in [2.05, 4.69) is 68.5 Å². The van der Waals surface area contributed by atoms with Crippen molar-refractivity contribution in [2.75, 3.05) is 0 Å². The molecule has 1 unspecified atom stereocenters. The highest BCUT2D eigenvalue weighted by Gasteiger charge is 2.09. The minimum atomic E-state index is 0.715. The van der Waals surface area contributed by atoms with Gasteiger partial charge in [0.05, 0.1) is 0 Å². The zero-order chi connectivity index (χ0) is 15.9. The summed E-state index contributed by atoms with van der Waals surface area (Å²) in [5.74, 6) is 0.715. The highest BCUT2D eigenvalue weighted by atomic mass is 14.1. The van der Waals surface area contributed by atoms with Crippen LogP contribution in [0.4, 0.5) is 0 Å². The van der Waals surface area contributed by atoms with Gasteiger partial charge in [-0.25, -0.2) is 0 Å². The van der Waals surface area contributed by atoms with Gasteiger partial charge in [-0.2, -0.15) is 0 Å². The van der Waals surface area contributed by atoms with E-state index in [1.807, 2.05) is 0 Å². The van der Waals surface area contributed by atoms with E-state index in [1.165, 1.54) is 63.4 Å². The normalized spacial score (nSPS) is 13.2. The lowest BCUT2D eigenvalue weighted by Crippen LogP contribution is -1.98. The van der Waals surface area contributed by atoms with Gasteiger partial charge in [0.2, 0.25) is 0 Å². The lowest BCUT2D eigenvalue weighted by molar-refractivity contribution is 0.560. The zero-order valence-corrected chi connectivity index (χ0v) is 14.6. The van der Waals surface area contributed by atoms with E-state index in [1.54, 1.807) is 0 Å². The summed E-state index contributed by atoms with van der Waals surface area (Å²) in [5, 5.41) is 0. The monoisotopic (exact) mass is 298 g/mol. The third kappa shape index (κ3) is 8.87. The van der Waals surface area contributed by atoms with Crippen LogP contribution in [0.3, 0.4) is 0 Å². The second-order valence-electron chi connectivity index (χ2n) is 6.14. The van der Waals surface area contributed by atoms with Crippen molar-refractivity contribution in [3.8, 4) is 0 Å². The molecule has 0 heteroatoms. The second-order valence-corrected chi connectivity index (χ2v) is 6.14. The largest absolute Gasteiger partial charge is 0.0885 e. The molecule has 0 spiro atoms. The second kappa shape index (κ2) is 13.4. The van der Waals surface area contributed by atoms with Crippen LogP contribution in [0.15, 0.2) is 54.6 Å². The molecule has 0 saturated heterocycles. The van der Waals surface area contributed by atoms with Gasteiger partial charge in [0.25, 0.3) is 0 Å². The molecule has 0 radical (unpaired) electrons. The van der Waals surface area contributed by atoms with Crippen molar-refractivity contribution in [3.63, 3.8) is 0 Å². The third-order valence-corrected chi connectivity index (χ3v) is 4.12. The first-order valence-electron chi connectivity index (χ1n) is 9.23. The van der Waals surface area contributed by atoms with Crippen molar-refractivity contribution in [2.24, 2.45) is 0 Å². The molecule has 1 aromatic rings. The van der Waals surface area contributed by atoms with Gasteiger partial charge < -0.3 is 0 Å². The van der Waals surface area contributed by atoms with E-state index in [-0.39, 0.29) is 0 Å². The number of allylic oxidation sites excluding steroid dienone is 4. The van der Waals surface area contributed by atoms with Crippen LogP contribution in [0.25, 0.3) is 0 Å². The van der Waals surface area contributed by atoms with E-state index < -0.39 is 0 Å². The summed E-state index contributed by atoms with van der Waals surface area (Å²) in [6.45, 7) is 4.48. The third-order valence-electron chi connectivity index (χ3n) is 4.12. The molecule has 122 valence electrons. The number of hydrogen-bond donors (Lipinski definition) is 0. The van der Waals surface area contributed by atoms with E-state index in [0.717, 1.165) is 0 Å². The number of hydrogen-bond acceptors (Lipinski definition) is 0. The molecule has 1 rings (SSSR count). The average molecular weight is 299 g/mol. The predicted molar refractivity (Wildman–Crippen MR) is 100 cm³/mol. The Bertz CT molecular complexity index is 399. The maximum atomic E-state index is 2.38. The molecular weight excluding hydrogens is 264 g/mol. The molecule has 0 aliphatic rings. The Balaban J connectivity index is 2.41. The Morgan fingerprint density at radius 1 is 0.727 bits per heavy atom. The summed E-state index contributed by atoms with van der Waals surface area (Å²) in [6.07, 6.45) is 20.7. The van der Waals surface area contributed by atoms with Gasteiger partial charge in [0.15, 0.2) is 0 Å². The Hall–Kier alpha value is -1.30. The van der Waals surface area contributed by atoms with Crippen molar-refractivity contribution >= 4 is 0 Å². The standard InChI is InChI=1S/C22H34/c1-3-5-7-9-11-14-18-21(17-13-10-8-6-4-2)22-19-15-12-16-20-22/h7-10,12,15-16,19-21H,3-6,11,13-14,17-18H2,1-2H3. The first-order valence-corrected chi connectivity index (χ1v) is 9.23. The number of rotatable bonds is 12. The molecule has 0 N–H and O–H groups in total. The molecule has 0 bridgehead atoms. The summed E-state index contributed by atoms with van der Waals surface area (Å²) < 4.78 is 0. The van der Waals surface area contributed by atoms with Crippen LogP contribution in [-0.2, 0) is 0 Å². The maximum Gasteiger partial charge on any atom is -0.0159 e. The molecule has 1 aromatic carbocycles. The lowest BCUT2D eigenvalue weighted by atomic mass is 9.89. The van der Waals surface area contributed by atoms with Crippen molar-refractivity contribution in [1.29, 1.82) is 0 Å². The molecule has 0 fully saturated rings. The Kier molecular flexibility index (Phi) is 11.4. The fourth-order valence-corrected chi connectivity index (χ4v) is 2.79. The van der Waals surface area contributed by atoms with Gasteiger partial charge in [0.1, 0.15) is 0 Å². The predicted octanol–water partition coefficient (Wildman–Crippen LogP) is 7.43. The van der Waals surface area contributed by atoms with E-state index in [9.17, 15) is 0 Å². The SMILES string of the molecule is CCCC=CCCCC(CCC=CCCC)c1ccccc1. The van der Waals surface area contributed by atoms with E-state index in [4.69, 9.17) is 0 Å². The van der Waals surface area contributed by atoms with Gasteiger partial charge in [-0.3, -0.25) is 0 Å². The van der Waals surface area contributed by atoms with Gasteiger partial charge >= 0.3 is 0 Å². The summed E-state index contributed by atoms with van der Waals surface area (Å²) >= 11 is 0. The Labute approximate surface area is 138 Å². The van der Waals surface area contributed by atoms with Gasteiger partial charge in [-0.05, 0) is 56.4 Å². The van der Waals surface area contributed by atoms with Crippen LogP contribution < -0.4 is 0 Å². The topological polar surface area (TPSA) is 0 Å². The summed E-state index contributed by atoms with van der Waals surface area (Å²) in [4.78, 5) is 0. The summed E-state index contributed by atoms with van der Waals surface area (Å²) in [6, 6.07) is 11.1. The molecule has 1 atom stereocenters. The van der Waals surface area contributed by atoms with Crippen molar-refractivity contribution in [3.05, 3.63) is 60.2 Å². The highest BCUT2D eigenvalue weighted by molar-refractivity contribution is 5.19. The smallest absolute Gasteiger partial charge is 0.0159 e. The maximum absolute atomic E-state index is 2.38. The van der Waals surface area contributed by atoms with Crippen LogP contribution in [0.1, 0.15) is 83.1 Å². The summed E-state index contributed by atoms with van der Waals surface area (Å²) in [5.41, 5.74) is 1.52. The first-order chi connectivity index (χ1) is 10.9. The minimum absolute atomic E-state index is 0.715. The molecule has 0 heterocycles. The van der Waals surface area contributed by atoms with Crippen molar-refractivity contribution in [1.82, 2.24) is 0 Å². The molecular formula is C22H34. The molecule has 0 amide bonds. The lowest BCUT2D eigenvalue weighted by Gasteiger charge is -2.16. The zero-order valence-electron chi connectivity index (χ0n) is 14.6. The van der Waals surface area contributed by atoms with Crippen molar-refractivity contribution in [2.45, 2.75) is 77.6 Å². The van der Waals surface area contributed by atoms with Crippen LogP contribution in [0.2, 0.25) is 0 Å². The Morgan fingerprint density at radius 2 is 1.32 bits per heavy atom. The van der Waals surface area contributed by atoms with E-state index >= 15 is 0 Å². The number of unbranched alkanes of at least 4 members (excludes halogenated alkanes) is 3.